The van der Waals surface area contributed by atoms with E-state index in [1.54, 1.807) is 19.2 Å². The van der Waals surface area contributed by atoms with Crippen molar-refractivity contribution >= 4 is 22.5 Å². The van der Waals surface area contributed by atoms with Gasteiger partial charge in [-0.3, -0.25) is 0 Å². The molecule has 0 bridgehead atoms. The lowest BCUT2D eigenvalue weighted by molar-refractivity contribution is -0.138. The van der Waals surface area contributed by atoms with Crippen molar-refractivity contribution in [3.63, 3.8) is 0 Å². The molecule has 3 heterocycles. The molecule has 0 spiro atoms. The van der Waals surface area contributed by atoms with Gasteiger partial charge in [-0.15, -0.1) is 0 Å². The van der Waals surface area contributed by atoms with Crippen LogP contribution in [0.25, 0.3) is 10.9 Å². The minimum Gasteiger partial charge on any atom is -0.363 e. The standard InChI is InChI=1S/C22H25F3N6/c1-13-16(5-4-6-18(13)22(23,24)25)14(2)28-21-17-11-20(31-9-7-26-8-10-31)27-12-19(17)29-15(3)30-21/h4-6,11-12,14,26H,7-10H2,1-3H3,(H,28,29,30)/t14-/m1/s1. The molecule has 1 atom stereocenters. The van der Waals surface area contributed by atoms with Crippen molar-refractivity contribution in [3.05, 3.63) is 53.0 Å². The molecule has 2 N–H and O–H groups in total. The van der Waals surface area contributed by atoms with Gasteiger partial charge in [-0.1, -0.05) is 12.1 Å². The zero-order chi connectivity index (χ0) is 22.2. The Balaban J connectivity index is 1.70. The summed E-state index contributed by atoms with van der Waals surface area (Å²) in [5, 5.41) is 7.43. The molecule has 9 heteroatoms. The van der Waals surface area contributed by atoms with Crippen molar-refractivity contribution in [2.75, 3.05) is 36.4 Å². The number of fused-ring (bicyclic) bond motifs is 1. The number of aromatic nitrogens is 3. The smallest absolute Gasteiger partial charge is 0.363 e. The number of rotatable bonds is 4. The Morgan fingerprint density at radius 1 is 1.13 bits per heavy atom. The highest BCUT2D eigenvalue weighted by atomic mass is 19.4. The fourth-order valence-corrected chi connectivity index (χ4v) is 4.03. The van der Waals surface area contributed by atoms with Crippen LogP contribution in [0, 0.1) is 13.8 Å². The summed E-state index contributed by atoms with van der Waals surface area (Å²) in [6.07, 6.45) is -2.66. The summed E-state index contributed by atoms with van der Waals surface area (Å²) in [6, 6.07) is 5.84. The van der Waals surface area contributed by atoms with E-state index in [-0.39, 0.29) is 11.6 Å². The number of pyridine rings is 1. The Bertz CT molecular complexity index is 1090. The molecule has 1 saturated heterocycles. The maximum atomic E-state index is 13.3. The highest BCUT2D eigenvalue weighted by molar-refractivity contribution is 5.90. The molecule has 1 aliphatic heterocycles. The van der Waals surface area contributed by atoms with E-state index in [2.05, 4.69) is 30.5 Å². The Morgan fingerprint density at radius 3 is 2.58 bits per heavy atom. The normalized spacial score (nSPS) is 15.9. The van der Waals surface area contributed by atoms with Crippen LogP contribution >= 0.6 is 0 Å². The number of hydrogen-bond donors (Lipinski definition) is 2. The second-order valence-electron chi connectivity index (χ2n) is 7.80. The topological polar surface area (TPSA) is 66.0 Å². The average Bonchev–Trinajstić information content (AvgIpc) is 2.73. The largest absolute Gasteiger partial charge is 0.416 e. The molecule has 31 heavy (non-hydrogen) atoms. The third-order valence-corrected chi connectivity index (χ3v) is 5.62. The number of piperazine rings is 1. The van der Waals surface area contributed by atoms with Gasteiger partial charge in [0.05, 0.1) is 23.3 Å². The van der Waals surface area contributed by atoms with Crippen molar-refractivity contribution in [1.82, 2.24) is 20.3 Å². The van der Waals surface area contributed by atoms with Crippen molar-refractivity contribution in [1.29, 1.82) is 0 Å². The molecular formula is C22H25F3N6. The van der Waals surface area contributed by atoms with Gasteiger partial charge in [0.2, 0.25) is 0 Å². The van der Waals surface area contributed by atoms with Crippen LogP contribution in [0.1, 0.15) is 35.5 Å². The molecule has 0 saturated carbocycles. The number of aryl methyl sites for hydroxylation is 1. The second kappa shape index (κ2) is 8.30. The highest BCUT2D eigenvalue weighted by Crippen LogP contribution is 2.35. The minimum atomic E-state index is -4.39. The Labute approximate surface area is 178 Å². The second-order valence-corrected chi connectivity index (χ2v) is 7.80. The van der Waals surface area contributed by atoms with Crippen molar-refractivity contribution in [2.24, 2.45) is 0 Å². The number of halogens is 3. The van der Waals surface area contributed by atoms with Gasteiger partial charge in [0.25, 0.3) is 0 Å². The van der Waals surface area contributed by atoms with Gasteiger partial charge in [-0.2, -0.15) is 13.2 Å². The Hall–Kier alpha value is -2.94. The molecule has 0 aliphatic carbocycles. The monoisotopic (exact) mass is 430 g/mol. The van der Waals surface area contributed by atoms with Gasteiger partial charge in [0.15, 0.2) is 0 Å². The Kier molecular flexibility index (Phi) is 5.70. The lowest BCUT2D eigenvalue weighted by Gasteiger charge is -2.28. The van der Waals surface area contributed by atoms with E-state index in [0.29, 0.717) is 22.7 Å². The van der Waals surface area contributed by atoms with Crippen LogP contribution in [0.3, 0.4) is 0 Å². The molecule has 164 valence electrons. The fourth-order valence-electron chi connectivity index (χ4n) is 4.03. The maximum Gasteiger partial charge on any atom is 0.416 e. The van der Waals surface area contributed by atoms with Gasteiger partial charge in [0.1, 0.15) is 17.5 Å². The molecule has 1 aromatic carbocycles. The van der Waals surface area contributed by atoms with Crippen LogP contribution in [0.5, 0.6) is 0 Å². The predicted molar refractivity (Wildman–Crippen MR) is 115 cm³/mol. The number of alkyl halides is 3. The quantitative estimate of drug-likeness (QED) is 0.645. The molecule has 0 radical (unpaired) electrons. The van der Waals surface area contributed by atoms with Crippen molar-refractivity contribution in [3.8, 4) is 0 Å². The molecule has 1 aliphatic rings. The summed E-state index contributed by atoms with van der Waals surface area (Å²) in [5.41, 5.74) is 0.873. The summed E-state index contributed by atoms with van der Waals surface area (Å²) < 4.78 is 40.0. The van der Waals surface area contributed by atoms with Gasteiger partial charge in [0, 0.05) is 31.6 Å². The minimum absolute atomic E-state index is 0.216. The fraction of sp³-hybridized carbons (Fsp3) is 0.409. The molecule has 1 fully saturated rings. The van der Waals surface area contributed by atoms with E-state index < -0.39 is 11.7 Å². The zero-order valence-corrected chi connectivity index (χ0v) is 17.7. The van der Waals surface area contributed by atoms with E-state index >= 15 is 0 Å². The first-order chi connectivity index (χ1) is 14.7. The molecular weight excluding hydrogens is 405 g/mol. The third-order valence-electron chi connectivity index (χ3n) is 5.62. The van der Waals surface area contributed by atoms with Crippen LogP contribution in [-0.4, -0.2) is 41.1 Å². The van der Waals surface area contributed by atoms with Gasteiger partial charge in [-0.05, 0) is 44.0 Å². The van der Waals surface area contributed by atoms with Crippen LogP contribution in [0.2, 0.25) is 0 Å². The first kappa shape index (κ1) is 21.3. The van der Waals surface area contributed by atoms with Crippen LogP contribution in [0.4, 0.5) is 24.8 Å². The Morgan fingerprint density at radius 2 is 1.87 bits per heavy atom. The van der Waals surface area contributed by atoms with Crippen molar-refractivity contribution in [2.45, 2.75) is 33.0 Å². The highest BCUT2D eigenvalue weighted by Gasteiger charge is 2.33. The van der Waals surface area contributed by atoms with Gasteiger partial charge in [-0.25, -0.2) is 15.0 Å². The summed E-state index contributed by atoms with van der Waals surface area (Å²) in [5.74, 6) is 2.00. The maximum absolute atomic E-state index is 13.3. The van der Waals surface area contributed by atoms with Crippen molar-refractivity contribution < 1.29 is 13.2 Å². The number of nitrogens with zero attached hydrogens (tertiary/aromatic N) is 4. The number of anilines is 2. The number of benzene rings is 1. The molecule has 4 rings (SSSR count). The number of nitrogens with one attached hydrogen (secondary N) is 2. The van der Waals surface area contributed by atoms with Gasteiger partial charge >= 0.3 is 6.18 Å². The molecule has 6 nitrogen and oxygen atoms in total. The first-order valence-corrected chi connectivity index (χ1v) is 10.3. The van der Waals surface area contributed by atoms with E-state index in [4.69, 9.17) is 0 Å². The molecule has 3 aromatic rings. The average molecular weight is 430 g/mol. The van der Waals surface area contributed by atoms with Crippen LogP contribution < -0.4 is 15.5 Å². The summed E-state index contributed by atoms with van der Waals surface area (Å²) in [4.78, 5) is 15.8. The van der Waals surface area contributed by atoms with E-state index in [1.165, 1.54) is 13.0 Å². The van der Waals surface area contributed by atoms with E-state index in [1.807, 2.05) is 13.0 Å². The third kappa shape index (κ3) is 4.41. The van der Waals surface area contributed by atoms with Crippen LogP contribution in [-0.2, 0) is 6.18 Å². The zero-order valence-electron chi connectivity index (χ0n) is 17.7. The summed E-state index contributed by atoms with van der Waals surface area (Å²) >= 11 is 0. The number of hydrogen-bond acceptors (Lipinski definition) is 6. The molecule has 0 amide bonds. The van der Waals surface area contributed by atoms with E-state index in [0.717, 1.165) is 43.4 Å². The molecule has 2 aromatic heterocycles. The van der Waals surface area contributed by atoms with Gasteiger partial charge < -0.3 is 15.5 Å². The molecule has 0 unspecified atom stereocenters. The predicted octanol–water partition coefficient (Wildman–Crippen LogP) is 4.24. The summed E-state index contributed by atoms with van der Waals surface area (Å²) in [6.45, 7) is 8.62. The summed E-state index contributed by atoms with van der Waals surface area (Å²) in [7, 11) is 0. The SMILES string of the molecule is Cc1nc(N[C@H](C)c2cccc(C(F)(F)F)c2C)c2cc(N3CCNCC3)ncc2n1. The lowest BCUT2D eigenvalue weighted by atomic mass is 9.97. The first-order valence-electron chi connectivity index (χ1n) is 10.3. The van der Waals surface area contributed by atoms with Crippen LogP contribution in [0.15, 0.2) is 30.5 Å². The lowest BCUT2D eigenvalue weighted by Crippen LogP contribution is -2.43. The van der Waals surface area contributed by atoms with E-state index in [9.17, 15) is 13.2 Å².